The molecule has 0 saturated carbocycles. The SMILES string of the molecule is COCOC(=O)[C@@H]1NC=C(NC(=O)[C@H](N/C(C)=C/C(=O)OC)c2ccccc2)C(=O)SC1(C)C. The maximum Gasteiger partial charge on any atom is 0.332 e. The highest BCUT2D eigenvalue weighted by Crippen LogP contribution is 2.33. The Labute approximate surface area is 202 Å². The molecule has 11 heteroatoms. The Bertz CT molecular complexity index is 976. The van der Waals surface area contributed by atoms with Gasteiger partial charge in [-0.1, -0.05) is 42.1 Å². The number of benzene rings is 1. The molecule has 184 valence electrons. The normalized spacial score (nSPS) is 18.5. The predicted octanol–water partition coefficient (Wildman–Crippen LogP) is 1.51. The minimum absolute atomic E-state index is 0.0255. The molecule has 1 heterocycles. The average Bonchev–Trinajstić information content (AvgIpc) is 2.90. The van der Waals surface area contributed by atoms with Crippen LogP contribution in [-0.2, 0) is 33.4 Å². The van der Waals surface area contributed by atoms with Gasteiger partial charge in [0.1, 0.15) is 17.8 Å². The number of carbonyl (C=O) groups excluding carboxylic acids is 4. The molecule has 0 fully saturated rings. The van der Waals surface area contributed by atoms with Crippen LogP contribution >= 0.6 is 11.8 Å². The van der Waals surface area contributed by atoms with E-state index in [2.05, 4.69) is 20.7 Å². The smallest absolute Gasteiger partial charge is 0.332 e. The molecule has 1 aliphatic rings. The lowest BCUT2D eigenvalue weighted by Crippen LogP contribution is -2.48. The fourth-order valence-corrected chi connectivity index (χ4v) is 4.05. The molecule has 2 atom stereocenters. The van der Waals surface area contributed by atoms with Crippen LogP contribution in [0.4, 0.5) is 0 Å². The summed E-state index contributed by atoms with van der Waals surface area (Å²) in [6.45, 7) is 4.83. The molecule has 0 unspecified atom stereocenters. The van der Waals surface area contributed by atoms with E-state index in [1.807, 2.05) is 0 Å². The van der Waals surface area contributed by atoms with Gasteiger partial charge in [-0.3, -0.25) is 9.59 Å². The van der Waals surface area contributed by atoms with E-state index in [9.17, 15) is 19.2 Å². The van der Waals surface area contributed by atoms with Crippen LogP contribution in [-0.4, -0.2) is 54.8 Å². The second kappa shape index (κ2) is 12.2. The summed E-state index contributed by atoms with van der Waals surface area (Å²) < 4.78 is 13.6. The maximum absolute atomic E-state index is 13.2. The minimum atomic E-state index is -0.917. The first-order chi connectivity index (χ1) is 16.1. The summed E-state index contributed by atoms with van der Waals surface area (Å²) in [4.78, 5) is 50.1. The number of hydrogen-bond donors (Lipinski definition) is 3. The largest absolute Gasteiger partial charge is 0.466 e. The van der Waals surface area contributed by atoms with E-state index in [0.717, 1.165) is 11.8 Å². The number of esters is 2. The number of rotatable bonds is 9. The Morgan fingerprint density at radius 1 is 1.21 bits per heavy atom. The highest BCUT2D eigenvalue weighted by atomic mass is 32.2. The van der Waals surface area contributed by atoms with E-state index >= 15 is 0 Å². The van der Waals surface area contributed by atoms with Crippen molar-refractivity contribution in [3.63, 3.8) is 0 Å². The summed E-state index contributed by atoms with van der Waals surface area (Å²) in [5.74, 6) is -1.71. The van der Waals surface area contributed by atoms with Crippen LogP contribution in [0.5, 0.6) is 0 Å². The molecule has 10 nitrogen and oxygen atoms in total. The molecule has 0 aliphatic carbocycles. The zero-order valence-electron chi connectivity index (χ0n) is 19.7. The average molecular weight is 492 g/mol. The number of thioether (sulfide) groups is 1. The predicted molar refractivity (Wildman–Crippen MR) is 126 cm³/mol. The summed E-state index contributed by atoms with van der Waals surface area (Å²) in [6.07, 6.45) is 2.51. The fourth-order valence-electron chi connectivity index (χ4n) is 3.07. The summed E-state index contributed by atoms with van der Waals surface area (Å²) in [6, 6.07) is 7.04. The van der Waals surface area contributed by atoms with Gasteiger partial charge in [0.15, 0.2) is 6.79 Å². The first-order valence-corrected chi connectivity index (χ1v) is 11.1. The molecule has 1 aromatic carbocycles. The number of carbonyl (C=O) groups is 4. The van der Waals surface area contributed by atoms with Crippen molar-refractivity contribution in [2.75, 3.05) is 21.0 Å². The van der Waals surface area contributed by atoms with E-state index in [4.69, 9.17) is 9.47 Å². The van der Waals surface area contributed by atoms with Gasteiger partial charge >= 0.3 is 11.9 Å². The fraction of sp³-hybridized carbons (Fsp3) is 0.391. The van der Waals surface area contributed by atoms with E-state index in [0.29, 0.717) is 11.3 Å². The second-order valence-corrected chi connectivity index (χ2v) is 9.48. The first-order valence-electron chi connectivity index (χ1n) is 10.3. The third-order valence-electron chi connectivity index (χ3n) is 4.78. The third-order valence-corrected chi connectivity index (χ3v) is 5.95. The van der Waals surface area contributed by atoms with Crippen LogP contribution in [0.25, 0.3) is 0 Å². The number of hydrogen-bond acceptors (Lipinski definition) is 10. The molecule has 0 radical (unpaired) electrons. The van der Waals surface area contributed by atoms with Crippen LogP contribution < -0.4 is 16.0 Å². The van der Waals surface area contributed by atoms with E-state index in [-0.39, 0.29) is 12.5 Å². The van der Waals surface area contributed by atoms with Crippen LogP contribution in [0.15, 0.2) is 54.0 Å². The topological polar surface area (TPSA) is 132 Å². The van der Waals surface area contributed by atoms with Gasteiger partial charge in [0.25, 0.3) is 5.91 Å². The number of amides is 1. The molecule has 1 amide bonds. The summed E-state index contributed by atoms with van der Waals surface area (Å²) in [5.41, 5.74) is 0.982. The highest BCUT2D eigenvalue weighted by Gasteiger charge is 2.41. The highest BCUT2D eigenvalue weighted by molar-refractivity contribution is 8.15. The van der Waals surface area contributed by atoms with Crippen LogP contribution in [0, 0.1) is 0 Å². The van der Waals surface area contributed by atoms with Gasteiger partial charge in [0, 0.05) is 29.8 Å². The van der Waals surface area contributed by atoms with Gasteiger partial charge in [0.2, 0.25) is 5.12 Å². The molecule has 0 aromatic heterocycles. The van der Waals surface area contributed by atoms with Crippen molar-refractivity contribution in [3.05, 3.63) is 59.6 Å². The van der Waals surface area contributed by atoms with Gasteiger partial charge in [-0.2, -0.15) is 0 Å². The Morgan fingerprint density at radius 3 is 2.50 bits per heavy atom. The van der Waals surface area contributed by atoms with Crippen molar-refractivity contribution in [3.8, 4) is 0 Å². The number of nitrogens with one attached hydrogen (secondary N) is 3. The lowest BCUT2D eigenvalue weighted by molar-refractivity contribution is -0.157. The van der Waals surface area contributed by atoms with Gasteiger partial charge in [-0.25, -0.2) is 9.59 Å². The van der Waals surface area contributed by atoms with Gasteiger partial charge in [-0.15, -0.1) is 0 Å². The van der Waals surface area contributed by atoms with E-state index in [1.165, 1.54) is 26.5 Å². The van der Waals surface area contributed by atoms with Gasteiger partial charge in [0.05, 0.1) is 7.11 Å². The summed E-state index contributed by atoms with van der Waals surface area (Å²) in [7, 11) is 2.65. The second-order valence-electron chi connectivity index (χ2n) is 7.85. The van der Waals surface area contributed by atoms with Crippen molar-refractivity contribution in [2.24, 2.45) is 0 Å². The van der Waals surface area contributed by atoms with Crippen molar-refractivity contribution >= 4 is 34.7 Å². The number of allylic oxidation sites excluding steroid dienone is 1. The van der Waals surface area contributed by atoms with Crippen molar-refractivity contribution in [1.82, 2.24) is 16.0 Å². The van der Waals surface area contributed by atoms with Crippen molar-refractivity contribution in [2.45, 2.75) is 37.6 Å². The lowest BCUT2D eigenvalue weighted by Gasteiger charge is -2.29. The quantitative estimate of drug-likeness (QED) is 0.265. The Hall–Kier alpha value is -3.31. The Balaban J connectivity index is 2.26. The Kier molecular flexibility index (Phi) is 9.69. The summed E-state index contributed by atoms with van der Waals surface area (Å²) >= 11 is 0.898. The standard InChI is InChI=1S/C23H29N3O7S/c1-14(11-17(27)32-5)25-18(15-9-7-6-8-10-15)20(28)26-16-12-24-19(21(29)33-13-31-4)23(2,3)34-22(16)30/h6-12,18-19,24-25H,13H2,1-5H3,(H,26,28)/b14-11+/t18-,19+/m1/s1. The molecule has 3 N–H and O–H groups in total. The maximum atomic E-state index is 13.2. The van der Waals surface area contributed by atoms with Crippen LogP contribution in [0.3, 0.4) is 0 Å². The zero-order chi connectivity index (χ0) is 25.3. The molecule has 1 aliphatic heterocycles. The zero-order valence-corrected chi connectivity index (χ0v) is 20.5. The lowest BCUT2D eigenvalue weighted by atomic mass is 10.0. The minimum Gasteiger partial charge on any atom is -0.466 e. The monoisotopic (exact) mass is 491 g/mol. The number of methoxy groups -OCH3 is 2. The molecule has 34 heavy (non-hydrogen) atoms. The van der Waals surface area contributed by atoms with Crippen LogP contribution in [0.2, 0.25) is 0 Å². The van der Waals surface area contributed by atoms with Crippen molar-refractivity contribution < 1.29 is 33.4 Å². The molecule has 1 aromatic rings. The van der Waals surface area contributed by atoms with E-state index < -0.39 is 39.8 Å². The van der Waals surface area contributed by atoms with Gasteiger partial charge < -0.3 is 30.2 Å². The summed E-state index contributed by atoms with van der Waals surface area (Å²) in [5, 5.41) is 8.06. The van der Waals surface area contributed by atoms with E-state index in [1.54, 1.807) is 51.1 Å². The molecule has 0 spiro atoms. The Morgan fingerprint density at radius 2 is 1.88 bits per heavy atom. The molecular formula is C23H29N3O7S. The molecule has 0 bridgehead atoms. The van der Waals surface area contributed by atoms with Gasteiger partial charge in [-0.05, 0) is 26.3 Å². The number of ether oxygens (including phenoxy) is 3. The molecule has 2 rings (SSSR count). The third kappa shape index (κ3) is 7.35. The molecular weight excluding hydrogens is 462 g/mol. The van der Waals surface area contributed by atoms with Crippen molar-refractivity contribution in [1.29, 1.82) is 0 Å². The first kappa shape index (κ1) is 26.9. The molecule has 0 saturated heterocycles. The van der Waals surface area contributed by atoms with Crippen LogP contribution in [0.1, 0.15) is 32.4 Å².